The van der Waals surface area contributed by atoms with Gasteiger partial charge in [-0.2, -0.15) is 0 Å². The van der Waals surface area contributed by atoms with Crippen molar-refractivity contribution in [3.05, 3.63) is 65.2 Å². The van der Waals surface area contributed by atoms with Crippen molar-refractivity contribution in [2.45, 2.75) is 64.7 Å². The largest absolute Gasteiger partial charge is 0.398 e. The molecule has 0 amide bonds. The summed E-state index contributed by atoms with van der Waals surface area (Å²) in [5.74, 6) is 0.613. The van der Waals surface area contributed by atoms with Crippen molar-refractivity contribution in [3.63, 3.8) is 0 Å². The summed E-state index contributed by atoms with van der Waals surface area (Å²) in [6, 6.07) is 17.3. The lowest BCUT2D eigenvalue weighted by molar-refractivity contribution is 0.110. The van der Waals surface area contributed by atoms with Gasteiger partial charge in [-0.1, -0.05) is 88.6 Å². The van der Waals surface area contributed by atoms with Gasteiger partial charge in [0.05, 0.1) is 0 Å². The molecule has 0 aromatic heterocycles. The van der Waals surface area contributed by atoms with Gasteiger partial charge in [-0.3, -0.25) is 0 Å². The SMILES string of the molecule is CCCCCCN1CCC(C)(c2cccc(Cc3ccccc3)c2N)C(C)C1. The van der Waals surface area contributed by atoms with Gasteiger partial charge in [0.1, 0.15) is 0 Å². The quantitative estimate of drug-likeness (QED) is 0.448. The fraction of sp³-hybridized carbons (Fsp3) is 0.538. The number of benzene rings is 2. The predicted molar refractivity (Wildman–Crippen MR) is 122 cm³/mol. The van der Waals surface area contributed by atoms with Gasteiger partial charge in [-0.25, -0.2) is 0 Å². The zero-order valence-corrected chi connectivity index (χ0v) is 18.1. The molecule has 1 aliphatic rings. The van der Waals surface area contributed by atoms with Gasteiger partial charge in [0.2, 0.25) is 0 Å². The summed E-state index contributed by atoms with van der Waals surface area (Å²) in [7, 11) is 0. The molecule has 2 nitrogen and oxygen atoms in total. The van der Waals surface area contributed by atoms with Gasteiger partial charge in [-0.15, -0.1) is 0 Å². The first kappa shape index (κ1) is 20.9. The van der Waals surface area contributed by atoms with Gasteiger partial charge in [0.25, 0.3) is 0 Å². The lowest BCUT2D eigenvalue weighted by Gasteiger charge is -2.45. The predicted octanol–water partition coefficient (Wildman–Crippen LogP) is 6.04. The molecule has 2 unspecified atom stereocenters. The van der Waals surface area contributed by atoms with E-state index in [0.29, 0.717) is 5.92 Å². The van der Waals surface area contributed by atoms with Gasteiger partial charge >= 0.3 is 0 Å². The molecule has 0 radical (unpaired) electrons. The number of anilines is 1. The molecule has 1 aliphatic heterocycles. The maximum Gasteiger partial charge on any atom is 0.0388 e. The van der Waals surface area contributed by atoms with Crippen LogP contribution in [0.1, 0.15) is 69.6 Å². The highest BCUT2D eigenvalue weighted by molar-refractivity contribution is 5.58. The molecule has 1 heterocycles. The fourth-order valence-electron chi connectivity index (χ4n) is 4.76. The third kappa shape index (κ3) is 4.78. The molecule has 0 spiro atoms. The van der Waals surface area contributed by atoms with Crippen LogP contribution in [0.2, 0.25) is 0 Å². The molecule has 2 aromatic rings. The van der Waals surface area contributed by atoms with Crippen molar-refractivity contribution in [2.75, 3.05) is 25.4 Å². The Kier molecular flexibility index (Phi) is 7.18. The van der Waals surface area contributed by atoms with E-state index in [2.05, 4.69) is 74.2 Å². The molecular formula is C26H38N2. The standard InChI is InChI=1S/C26H38N2/c1-4-5-6-10-17-28-18-16-26(3,21(2)20-28)24-15-11-14-23(25(24)27)19-22-12-8-7-9-13-22/h7-9,11-15,21H,4-6,10,16-20,27H2,1-3H3. The number of nitrogen functional groups attached to an aromatic ring is 1. The smallest absolute Gasteiger partial charge is 0.0388 e. The Bertz CT molecular complexity index is 739. The normalized spacial score (nSPS) is 23.0. The molecule has 2 heteroatoms. The van der Waals surface area contributed by atoms with Crippen LogP contribution >= 0.6 is 0 Å². The minimum atomic E-state index is 0.163. The number of piperidine rings is 1. The van der Waals surface area contributed by atoms with Gasteiger partial charge in [-0.05, 0) is 60.4 Å². The Morgan fingerprint density at radius 1 is 1.04 bits per heavy atom. The molecule has 0 aliphatic carbocycles. The number of likely N-dealkylation sites (tertiary alicyclic amines) is 1. The van der Waals surface area contributed by atoms with E-state index in [1.165, 1.54) is 68.4 Å². The molecule has 0 bridgehead atoms. The first-order valence-corrected chi connectivity index (χ1v) is 11.2. The van der Waals surface area contributed by atoms with Gasteiger partial charge in [0, 0.05) is 12.2 Å². The zero-order valence-electron chi connectivity index (χ0n) is 18.1. The number of rotatable bonds is 8. The van der Waals surface area contributed by atoms with Crippen molar-refractivity contribution in [1.29, 1.82) is 0 Å². The van der Waals surface area contributed by atoms with Crippen LogP contribution in [-0.2, 0) is 11.8 Å². The molecule has 3 rings (SSSR count). The van der Waals surface area contributed by atoms with Crippen molar-refractivity contribution >= 4 is 5.69 Å². The fourth-order valence-corrected chi connectivity index (χ4v) is 4.76. The van der Waals surface area contributed by atoms with E-state index in [-0.39, 0.29) is 5.41 Å². The summed E-state index contributed by atoms with van der Waals surface area (Å²) < 4.78 is 0. The second-order valence-corrected chi connectivity index (χ2v) is 8.97. The van der Waals surface area contributed by atoms with Crippen LogP contribution in [0.25, 0.3) is 0 Å². The average Bonchev–Trinajstić information content (AvgIpc) is 2.70. The van der Waals surface area contributed by atoms with Crippen molar-refractivity contribution in [2.24, 2.45) is 5.92 Å². The Labute approximate surface area is 172 Å². The van der Waals surface area contributed by atoms with Crippen molar-refractivity contribution in [1.82, 2.24) is 4.90 Å². The maximum absolute atomic E-state index is 6.74. The van der Waals surface area contributed by atoms with Crippen molar-refractivity contribution < 1.29 is 0 Å². The zero-order chi connectivity index (χ0) is 20.0. The summed E-state index contributed by atoms with van der Waals surface area (Å²) in [5, 5.41) is 0. The Balaban J connectivity index is 1.71. The minimum absolute atomic E-state index is 0.163. The highest BCUT2D eigenvalue weighted by atomic mass is 15.1. The Morgan fingerprint density at radius 3 is 2.54 bits per heavy atom. The van der Waals surface area contributed by atoms with Crippen LogP contribution in [0, 0.1) is 5.92 Å². The number of unbranched alkanes of at least 4 members (excludes halogenated alkanes) is 3. The Hall–Kier alpha value is -1.80. The molecule has 28 heavy (non-hydrogen) atoms. The van der Waals surface area contributed by atoms with E-state index in [0.717, 1.165) is 12.1 Å². The van der Waals surface area contributed by atoms with Gasteiger partial charge in [0.15, 0.2) is 0 Å². The minimum Gasteiger partial charge on any atom is -0.398 e. The van der Waals surface area contributed by atoms with Crippen LogP contribution in [0.3, 0.4) is 0 Å². The van der Waals surface area contributed by atoms with Crippen LogP contribution in [0.15, 0.2) is 48.5 Å². The summed E-state index contributed by atoms with van der Waals surface area (Å²) in [5.41, 5.74) is 11.9. The Morgan fingerprint density at radius 2 is 1.82 bits per heavy atom. The van der Waals surface area contributed by atoms with E-state index in [9.17, 15) is 0 Å². The molecular weight excluding hydrogens is 340 g/mol. The molecule has 1 saturated heterocycles. The lowest BCUT2D eigenvalue weighted by atomic mass is 9.67. The van der Waals surface area contributed by atoms with E-state index >= 15 is 0 Å². The summed E-state index contributed by atoms with van der Waals surface area (Å²) in [4.78, 5) is 2.67. The number of hydrogen-bond acceptors (Lipinski definition) is 2. The van der Waals surface area contributed by atoms with E-state index in [1.54, 1.807) is 0 Å². The first-order chi connectivity index (χ1) is 13.5. The first-order valence-electron chi connectivity index (χ1n) is 11.2. The second kappa shape index (κ2) is 9.60. The highest BCUT2D eigenvalue weighted by Gasteiger charge is 2.39. The van der Waals surface area contributed by atoms with E-state index in [1.807, 2.05) is 0 Å². The van der Waals surface area contributed by atoms with Crippen LogP contribution in [-0.4, -0.2) is 24.5 Å². The maximum atomic E-state index is 6.74. The number of nitrogens with two attached hydrogens (primary N) is 1. The van der Waals surface area contributed by atoms with Crippen LogP contribution in [0.5, 0.6) is 0 Å². The topological polar surface area (TPSA) is 29.3 Å². The molecule has 0 saturated carbocycles. The summed E-state index contributed by atoms with van der Waals surface area (Å²) in [6.45, 7) is 10.8. The lowest BCUT2D eigenvalue weighted by Crippen LogP contribution is -2.47. The second-order valence-electron chi connectivity index (χ2n) is 8.97. The van der Waals surface area contributed by atoms with E-state index < -0.39 is 0 Å². The third-order valence-corrected chi connectivity index (χ3v) is 6.94. The number of para-hydroxylation sites is 1. The average molecular weight is 379 g/mol. The van der Waals surface area contributed by atoms with Crippen molar-refractivity contribution in [3.8, 4) is 0 Å². The van der Waals surface area contributed by atoms with Gasteiger partial charge < -0.3 is 10.6 Å². The number of nitrogens with zero attached hydrogens (tertiary/aromatic N) is 1. The molecule has 152 valence electrons. The summed E-state index contributed by atoms with van der Waals surface area (Å²) in [6.07, 6.45) is 7.49. The molecule has 2 aromatic carbocycles. The summed E-state index contributed by atoms with van der Waals surface area (Å²) >= 11 is 0. The van der Waals surface area contributed by atoms with E-state index in [4.69, 9.17) is 5.73 Å². The molecule has 2 N–H and O–H groups in total. The number of hydrogen-bond donors (Lipinski definition) is 1. The van der Waals surface area contributed by atoms with Crippen LogP contribution in [0.4, 0.5) is 5.69 Å². The monoisotopic (exact) mass is 378 g/mol. The van der Waals surface area contributed by atoms with Crippen LogP contribution < -0.4 is 5.73 Å². The third-order valence-electron chi connectivity index (χ3n) is 6.94. The highest BCUT2D eigenvalue weighted by Crippen LogP contribution is 2.42. The molecule has 1 fully saturated rings. The molecule has 2 atom stereocenters.